The number of para-hydroxylation sites is 1. The van der Waals surface area contributed by atoms with E-state index in [4.69, 9.17) is 10.6 Å². The largest absolute Gasteiger partial charge is 0.467 e. The fourth-order valence-electron chi connectivity index (χ4n) is 2.02. The van der Waals surface area contributed by atoms with Crippen LogP contribution in [-0.2, 0) is 9.53 Å². The lowest BCUT2D eigenvalue weighted by Crippen LogP contribution is -2.36. The highest BCUT2D eigenvalue weighted by molar-refractivity contribution is 5.92. The summed E-state index contributed by atoms with van der Waals surface area (Å²) in [4.78, 5) is 20.4. The Morgan fingerprint density at radius 3 is 2.62 bits per heavy atom. The summed E-state index contributed by atoms with van der Waals surface area (Å²) < 4.78 is 4.83. The summed E-state index contributed by atoms with van der Waals surface area (Å²) in [6.07, 6.45) is 0. The first-order chi connectivity index (χ1) is 10.1. The molecular weight excluding hydrogens is 270 g/mol. The molecule has 4 N–H and O–H groups in total. The molecule has 0 fully saturated rings. The number of hydrazine groups is 1. The van der Waals surface area contributed by atoms with Crippen LogP contribution in [0.25, 0.3) is 10.9 Å². The number of anilines is 2. The molecule has 0 saturated carbocycles. The van der Waals surface area contributed by atoms with Crippen molar-refractivity contribution in [2.24, 2.45) is 11.8 Å². The number of nitrogens with zero attached hydrogens (tertiary/aromatic N) is 2. The molecule has 1 atom stereocenters. The first-order valence-electron chi connectivity index (χ1n) is 6.64. The molecule has 0 radical (unpaired) electrons. The van der Waals surface area contributed by atoms with Gasteiger partial charge in [0.15, 0.2) is 0 Å². The van der Waals surface area contributed by atoms with Crippen molar-refractivity contribution in [3.05, 3.63) is 24.3 Å². The normalized spacial score (nSPS) is 12.2. The molecule has 1 aromatic heterocycles. The molecule has 1 unspecified atom stereocenters. The van der Waals surface area contributed by atoms with Gasteiger partial charge in [0.2, 0.25) is 5.95 Å². The number of fused-ring (bicyclic) bond motifs is 1. The minimum Gasteiger partial charge on any atom is -0.467 e. The van der Waals surface area contributed by atoms with Crippen LogP contribution in [-0.4, -0.2) is 29.1 Å². The van der Waals surface area contributed by atoms with Gasteiger partial charge in [0.25, 0.3) is 0 Å². The van der Waals surface area contributed by atoms with Crippen LogP contribution in [0.2, 0.25) is 0 Å². The van der Waals surface area contributed by atoms with Crippen LogP contribution in [0.15, 0.2) is 24.3 Å². The van der Waals surface area contributed by atoms with Gasteiger partial charge in [-0.2, -0.15) is 4.98 Å². The van der Waals surface area contributed by atoms with Gasteiger partial charge in [0.05, 0.1) is 12.6 Å². The number of aromatic nitrogens is 2. The lowest BCUT2D eigenvalue weighted by Gasteiger charge is -2.21. The average molecular weight is 289 g/mol. The van der Waals surface area contributed by atoms with Crippen molar-refractivity contribution in [2.75, 3.05) is 17.9 Å². The van der Waals surface area contributed by atoms with Gasteiger partial charge in [0, 0.05) is 5.39 Å². The molecule has 0 aliphatic rings. The first kappa shape index (κ1) is 15.0. The summed E-state index contributed by atoms with van der Waals surface area (Å²) >= 11 is 0. The predicted octanol–water partition coefficient (Wildman–Crippen LogP) is 1.52. The molecule has 0 bridgehead atoms. The number of methoxy groups -OCH3 is 1. The second kappa shape index (κ2) is 6.36. The van der Waals surface area contributed by atoms with Crippen molar-refractivity contribution < 1.29 is 9.53 Å². The van der Waals surface area contributed by atoms with Gasteiger partial charge in [-0.1, -0.05) is 26.0 Å². The zero-order chi connectivity index (χ0) is 15.4. The lowest BCUT2D eigenvalue weighted by molar-refractivity contribution is -0.142. The van der Waals surface area contributed by atoms with E-state index in [2.05, 4.69) is 20.7 Å². The maximum Gasteiger partial charge on any atom is 0.328 e. The Labute approximate surface area is 122 Å². The molecule has 2 aromatic rings. The van der Waals surface area contributed by atoms with Gasteiger partial charge in [-0.15, -0.1) is 0 Å². The highest BCUT2D eigenvalue weighted by atomic mass is 16.5. The molecular formula is C14H19N5O2. The predicted molar refractivity (Wildman–Crippen MR) is 81.6 cm³/mol. The number of hydrogen-bond donors (Lipinski definition) is 3. The summed E-state index contributed by atoms with van der Waals surface area (Å²) in [6.45, 7) is 3.86. The zero-order valence-corrected chi connectivity index (χ0v) is 12.3. The molecule has 7 nitrogen and oxygen atoms in total. The molecule has 112 valence electrons. The number of carbonyl (C=O) groups is 1. The summed E-state index contributed by atoms with van der Waals surface area (Å²) in [5.74, 6) is 5.92. The second-order valence-corrected chi connectivity index (χ2v) is 4.95. The number of ether oxygens (including phenoxy) is 1. The Morgan fingerprint density at radius 1 is 1.29 bits per heavy atom. The number of nitrogen functional groups attached to an aromatic ring is 1. The second-order valence-electron chi connectivity index (χ2n) is 4.95. The third-order valence-electron chi connectivity index (χ3n) is 3.15. The molecule has 0 aliphatic heterocycles. The van der Waals surface area contributed by atoms with Gasteiger partial charge in [0.1, 0.15) is 11.9 Å². The van der Waals surface area contributed by atoms with E-state index >= 15 is 0 Å². The number of carbonyl (C=O) groups excluding carboxylic acids is 1. The molecule has 0 saturated heterocycles. The van der Waals surface area contributed by atoms with E-state index in [-0.39, 0.29) is 17.8 Å². The third-order valence-corrected chi connectivity index (χ3v) is 3.15. The van der Waals surface area contributed by atoms with Crippen LogP contribution >= 0.6 is 0 Å². The highest BCUT2D eigenvalue weighted by Gasteiger charge is 2.24. The SMILES string of the molecule is COC(=O)C(Nc1nc(NN)nc2ccccc12)C(C)C. The highest BCUT2D eigenvalue weighted by Crippen LogP contribution is 2.23. The smallest absolute Gasteiger partial charge is 0.328 e. The van der Waals surface area contributed by atoms with Crippen LogP contribution < -0.4 is 16.6 Å². The van der Waals surface area contributed by atoms with Crippen LogP contribution in [0.5, 0.6) is 0 Å². The fourth-order valence-corrected chi connectivity index (χ4v) is 2.02. The average Bonchev–Trinajstić information content (AvgIpc) is 2.50. The maximum atomic E-state index is 11.9. The number of rotatable bonds is 5. The number of nitrogens with one attached hydrogen (secondary N) is 2. The van der Waals surface area contributed by atoms with E-state index in [0.717, 1.165) is 10.9 Å². The number of benzene rings is 1. The third kappa shape index (κ3) is 3.19. The van der Waals surface area contributed by atoms with Crippen molar-refractivity contribution in [1.29, 1.82) is 0 Å². The molecule has 0 spiro atoms. The standard InChI is InChI=1S/C14H19N5O2/c1-8(2)11(13(20)21-3)17-12-9-6-4-5-7-10(9)16-14(18-12)19-15/h4-8,11H,15H2,1-3H3,(H2,16,17,18,19). The lowest BCUT2D eigenvalue weighted by atomic mass is 10.0. The van der Waals surface area contributed by atoms with E-state index in [9.17, 15) is 4.79 Å². The van der Waals surface area contributed by atoms with Crippen LogP contribution in [0, 0.1) is 5.92 Å². The monoisotopic (exact) mass is 289 g/mol. The van der Waals surface area contributed by atoms with Gasteiger partial charge >= 0.3 is 5.97 Å². The van der Waals surface area contributed by atoms with E-state index in [1.165, 1.54) is 7.11 Å². The zero-order valence-electron chi connectivity index (χ0n) is 12.3. The van der Waals surface area contributed by atoms with Crippen molar-refractivity contribution in [1.82, 2.24) is 9.97 Å². The van der Waals surface area contributed by atoms with E-state index < -0.39 is 6.04 Å². The van der Waals surface area contributed by atoms with E-state index in [0.29, 0.717) is 5.82 Å². The maximum absolute atomic E-state index is 11.9. The van der Waals surface area contributed by atoms with E-state index in [1.807, 2.05) is 38.1 Å². The minimum atomic E-state index is -0.501. The van der Waals surface area contributed by atoms with Crippen LogP contribution in [0.3, 0.4) is 0 Å². The summed E-state index contributed by atoms with van der Waals surface area (Å²) in [7, 11) is 1.37. The Kier molecular flexibility index (Phi) is 4.54. The molecule has 1 heterocycles. The molecule has 1 aromatic carbocycles. The van der Waals surface area contributed by atoms with Crippen molar-refractivity contribution in [3.63, 3.8) is 0 Å². The molecule has 21 heavy (non-hydrogen) atoms. The Balaban J connectivity index is 2.46. The summed E-state index contributed by atoms with van der Waals surface area (Å²) in [5, 5.41) is 3.94. The first-order valence-corrected chi connectivity index (χ1v) is 6.64. The quantitative estimate of drug-likeness (QED) is 0.435. The summed E-state index contributed by atoms with van der Waals surface area (Å²) in [6, 6.07) is 6.99. The summed E-state index contributed by atoms with van der Waals surface area (Å²) in [5.41, 5.74) is 3.16. The minimum absolute atomic E-state index is 0.0421. The van der Waals surface area contributed by atoms with Crippen LogP contribution in [0.1, 0.15) is 13.8 Å². The molecule has 7 heteroatoms. The Morgan fingerprint density at radius 2 is 2.00 bits per heavy atom. The Bertz CT molecular complexity index is 644. The molecule has 0 amide bonds. The molecule has 0 aliphatic carbocycles. The van der Waals surface area contributed by atoms with Gasteiger partial charge in [-0.3, -0.25) is 5.43 Å². The van der Waals surface area contributed by atoms with Crippen molar-refractivity contribution in [2.45, 2.75) is 19.9 Å². The molecule has 2 rings (SSSR count). The number of esters is 1. The van der Waals surface area contributed by atoms with Crippen molar-refractivity contribution in [3.8, 4) is 0 Å². The van der Waals surface area contributed by atoms with Crippen molar-refractivity contribution >= 4 is 28.6 Å². The van der Waals surface area contributed by atoms with Gasteiger partial charge < -0.3 is 10.1 Å². The van der Waals surface area contributed by atoms with E-state index in [1.54, 1.807) is 0 Å². The number of hydrogen-bond acceptors (Lipinski definition) is 7. The van der Waals surface area contributed by atoms with Gasteiger partial charge in [-0.05, 0) is 18.1 Å². The Hall–Kier alpha value is -2.41. The van der Waals surface area contributed by atoms with Crippen LogP contribution in [0.4, 0.5) is 11.8 Å². The topological polar surface area (TPSA) is 102 Å². The number of nitrogens with two attached hydrogens (primary N) is 1. The fraction of sp³-hybridized carbons (Fsp3) is 0.357. The van der Waals surface area contributed by atoms with Gasteiger partial charge in [-0.25, -0.2) is 15.6 Å².